The molecule has 2 heteroatoms. The van der Waals surface area contributed by atoms with Gasteiger partial charge in [0, 0.05) is 18.6 Å². The van der Waals surface area contributed by atoms with Gasteiger partial charge in [-0.2, -0.15) is 0 Å². The van der Waals surface area contributed by atoms with E-state index in [1.807, 2.05) is 0 Å². The first kappa shape index (κ1) is 17.0. The van der Waals surface area contributed by atoms with Crippen LogP contribution in [0.3, 0.4) is 0 Å². The Morgan fingerprint density at radius 1 is 1.32 bits per heavy atom. The Morgan fingerprint density at radius 2 is 2.00 bits per heavy atom. The molecule has 0 saturated heterocycles. The summed E-state index contributed by atoms with van der Waals surface area (Å²) in [4.78, 5) is 2.74. The van der Waals surface area contributed by atoms with Gasteiger partial charge in [0.2, 0.25) is 0 Å². The van der Waals surface area contributed by atoms with E-state index in [0.29, 0.717) is 11.5 Å². The van der Waals surface area contributed by atoms with E-state index in [1.54, 1.807) is 0 Å². The van der Waals surface area contributed by atoms with E-state index in [0.717, 1.165) is 12.0 Å². The van der Waals surface area contributed by atoms with Gasteiger partial charge in [0.15, 0.2) is 0 Å². The smallest absolute Gasteiger partial charge is 0.0156 e. The van der Waals surface area contributed by atoms with Crippen molar-refractivity contribution in [3.8, 4) is 0 Å². The third kappa shape index (κ3) is 4.46. The fraction of sp³-hybridized carbons (Fsp3) is 1.00. The Hall–Kier alpha value is -0.0800. The lowest BCUT2D eigenvalue weighted by Crippen LogP contribution is -2.46. The van der Waals surface area contributed by atoms with Gasteiger partial charge < -0.3 is 10.2 Å². The number of hydrogen-bond acceptors (Lipinski definition) is 2. The molecule has 114 valence electrons. The lowest BCUT2D eigenvalue weighted by molar-refractivity contribution is 0.147. The normalized spacial score (nSPS) is 27.9. The molecule has 0 aromatic heterocycles. The first-order chi connectivity index (χ1) is 8.96. The minimum absolute atomic E-state index is 0.464. The van der Waals surface area contributed by atoms with Crippen LogP contribution < -0.4 is 5.32 Å². The summed E-state index contributed by atoms with van der Waals surface area (Å²) in [6, 6.07) is 1.41. The largest absolute Gasteiger partial charge is 0.316 e. The van der Waals surface area contributed by atoms with Gasteiger partial charge in [-0.1, -0.05) is 34.1 Å². The minimum Gasteiger partial charge on any atom is -0.316 e. The summed E-state index contributed by atoms with van der Waals surface area (Å²) >= 11 is 0. The van der Waals surface area contributed by atoms with Gasteiger partial charge in [0.25, 0.3) is 0 Å². The predicted molar refractivity (Wildman–Crippen MR) is 85.6 cm³/mol. The number of hydrogen-bond donors (Lipinski definition) is 1. The lowest BCUT2D eigenvalue weighted by atomic mass is 9.84. The highest BCUT2D eigenvalue weighted by molar-refractivity contribution is 4.96. The van der Waals surface area contributed by atoms with Crippen molar-refractivity contribution in [2.45, 2.75) is 78.8 Å². The maximum Gasteiger partial charge on any atom is 0.0156 e. The summed E-state index contributed by atoms with van der Waals surface area (Å²) in [7, 11) is 2.14. The SMILES string of the molecule is CCCCN(CC1CCC(C)(C)C1NC)C(C)CC. The van der Waals surface area contributed by atoms with Gasteiger partial charge in [-0.05, 0) is 57.5 Å². The summed E-state index contributed by atoms with van der Waals surface area (Å²) in [6.45, 7) is 14.4. The molecule has 1 fully saturated rings. The summed E-state index contributed by atoms with van der Waals surface area (Å²) in [6.07, 6.45) is 6.66. The average Bonchev–Trinajstić information content (AvgIpc) is 2.67. The number of rotatable bonds is 8. The molecule has 1 N–H and O–H groups in total. The molecule has 0 radical (unpaired) electrons. The van der Waals surface area contributed by atoms with E-state index in [2.05, 4.69) is 51.9 Å². The zero-order valence-corrected chi connectivity index (χ0v) is 14.1. The lowest BCUT2D eigenvalue weighted by Gasteiger charge is -2.36. The van der Waals surface area contributed by atoms with E-state index >= 15 is 0 Å². The highest BCUT2D eigenvalue weighted by Crippen LogP contribution is 2.41. The van der Waals surface area contributed by atoms with Gasteiger partial charge in [0.1, 0.15) is 0 Å². The summed E-state index contributed by atoms with van der Waals surface area (Å²) < 4.78 is 0. The van der Waals surface area contributed by atoms with Crippen molar-refractivity contribution in [3.05, 3.63) is 0 Å². The van der Waals surface area contributed by atoms with Crippen LogP contribution in [0.1, 0.15) is 66.7 Å². The van der Waals surface area contributed by atoms with Crippen LogP contribution in [-0.2, 0) is 0 Å². The highest BCUT2D eigenvalue weighted by atomic mass is 15.2. The van der Waals surface area contributed by atoms with Crippen molar-refractivity contribution < 1.29 is 0 Å². The molecule has 19 heavy (non-hydrogen) atoms. The molecule has 2 nitrogen and oxygen atoms in total. The molecule has 1 aliphatic carbocycles. The molecular formula is C17H36N2. The predicted octanol–water partition coefficient (Wildman–Crippen LogP) is 3.91. The third-order valence-electron chi connectivity index (χ3n) is 5.27. The van der Waals surface area contributed by atoms with Crippen LogP contribution in [-0.4, -0.2) is 37.1 Å². The molecule has 0 heterocycles. The van der Waals surface area contributed by atoms with Gasteiger partial charge in [0.05, 0.1) is 0 Å². The van der Waals surface area contributed by atoms with Gasteiger partial charge in [-0.25, -0.2) is 0 Å². The Bertz CT molecular complexity index is 250. The van der Waals surface area contributed by atoms with Crippen LogP contribution in [0.5, 0.6) is 0 Å². The molecule has 0 aliphatic heterocycles. The topological polar surface area (TPSA) is 15.3 Å². The second-order valence-corrected chi connectivity index (χ2v) is 7.16. The summed E-state index contributed by atoms with van der Waals surface area (Å²) in [5, 5.41) is 3.60. The van der Waals surface area contributed by atoms with E-state index in [4.69, 9.17) is 0 Å². The fourth-order valence-electron chi connectivity index (χ4n) is 3.75. The second-order valence-electron chi connectivity index (χ2n) is 7.16. The van der Waals surface area contributed by atoms with E-state index in [-0.39, 0.29) is 0 Å². The van der Waals surface area contributed by atoms with Crippen LogP contribution in [0, 0.1) is 11.3 Å². The zero-order valence-electron chi connectivity index (χ0n) is 14.1. The second kappa shape index (κ2) is 7.64. The van der Waals surface area contributed by atoms with E-state index in [9.17, 15) is 0 Å². The molecule has 1 rings (SSSR count). The number of nitrogens with one attached hydrogen (secondary N) is 1. The molecule has 0 bridgehead atoms. The maximum absolute atomic E-state index is 3.60. The zero-order chi connectivity index (χ0) is 14.5. The van der Waals surface area contributed by atoms with Crippen LogP contribution in [0.2, 0.25) is 0 Å². The van der Waals surface area contributed by atoms with Crippen molar-refractivity contribution in [1.82, 2.24) is 10.2 Å². The van der Waals surface area contributed by atoms with Gasteiger partial charge in [-0.15, -0.1) is 0 Å². The standard InChI is InChI=1S/C17H36N2/c1-7-9-12-19(14(3)8-2)13-15-10-11-17(4,5)16(15)18-6/h14-16,18H,7-13H2,1-6H3. The molecule has 3 atom stereocenters. The van der Waals surface area contributed by atoms with E-state index < -0.39 is 0 Å². The average molecular weight is 268 g/mol. The maximum atomic E-state index is 3.60. The number of nitrogens with zero attached hydrogens (tertiary/aromatic N) is 1. The van der Waals surface area contributed by atoms with Gasteiger partial charge in [-0.3, -0.25) is 0 Å². The van der Waals surface area contributed by atoms with Crippen molar-refractivity contribution in [2.75, 3.05) is 20.1 Å². The van der Waals surface area contributed by atoms with E-state index in [1.165, 1.54) is 45.2 Å². The molecule has 3 unspecified atom stereocenters. The van der Waals surface area contributed by atoms with Gasteiger partial charge >= 0.3 is 0 Å². The van der Waals surface area contributed by atoms with Crippen LogP contribution >= 0.6 is 0 Å². The third-order valence-corrected chi connectivity index (χ3v) is 5.27. The molecule has 0 amide bonds. The fourth-order valence-corrected chi connectivity index (χ4v) is 3.75. The number of unbranched alkanes of at least 4 members (excludes halogenated alkanes) is 1. The highest BCUT2D eigenvalue weighted by Gasteiger charge is 2.41. The van der Waals surface area contributed by atoms with Crippen LogP contribution in [0.25, 0.3) is 0 Å². The Morgan fingerprint density at radius 3 is 2.53 bits per heavy atom. The molecule has 0 aromatic carbocycles. The molecule has 0 aromatic rings. The Labute approximate surface area is 121 Å². The summed E-state index contributed by atoms with van der Waals surface area (Å²) in [5.41, 5.74) is 0.464. The van der Waals surface area contributed by atoms with Crippen molar-refractivity contribution in [2.24, 2.45) is 11.3 Å². The molecular weight excluding hydrogens is 232 g/mol. The molecule has 1 aliphatic rings. The minimum atomic E-state index is 0.464. The molecule has 0 spiro atoms. The van der Waals surface area contributed by atoms with Crippen molar-refractivity contribution in [1.29, 1.82) is 0 Å². The molecule has 1 saturated carbocycles. The quantitative estimate of drug-likeness (QED) is 0.718. The monoisotopic (exact) mass is 268 g/mol. The van der Waals surface area contributed by atoms with Crippen LogP contribution in [0.15, 0.2) is 0 Å². The Kier molecular flexibility index (Phi) is 6.82. The first-order valence-electron chi connectivity index (χ1n) is 8.37. The van der Waals surface area contributed by atoms with Crippen LogP contribution in [0.4, 0.5) is 0 Å². The van der Waals surface area contributed by atoms with Crippen molar-refractivity contribution >= 4 is 0 Å². The summed E-state index contributed by atoms with van der Waals surface area (Å²) in [5.74, 6) is 0.825. The van der Waals surface area contributed by atoms with Crippen molar-refractivity contribution in [3.63, 3.8) is 0 Å². The Balaban J connectivity index is 2.62. The first-order valence-corrected chi connectivity index (χ1v) is 8.37.